The van der Waals surface area contributed by atoms with Gasteiger partial charge in [0.1, 0.15) is 11.4 Å². The Kier molecular flexibility index (Phi) is 6.93. The molecule has 0 radical (unpaired) electrons. The predicted octanol–water partition coefficient (Wildman–Crippen LogP) is 6.00. The van der Waals surface area contributed by atoms with E-state index >= 15 is 0 Å². The molecule has 3 aromatic carbocycles. The maximum atomic E-state index is 12.4. The molecule has 0 unspecified atom stereocenters. The van der Waals surface area contributed by atoms with Crippen molar-refractivity contribution in [2.45, 2.75) is 20.4 Å². The number of urea groups is 1. The lowest BCUT2D eigenvalue weighted by atomic mass is 10.1. The van der Waals surface area contributed by atoms with Crippen LogP contribution in [0.4, 0.5) is 16.2 Å². The number of anilines is 2. The van der Waals surface area contributed by atoms with Gasteiger partial charge in [-0.1, -0.05) is 59.3 Å². The average molecular weight is 495 g/mol. The number of hydrogen-bond donors (Lipinski definition) is 2. The second-order valence-electron chi connectivity index (χ2n) is 8.43. The van der Waals surface area contributed by atoms with Crippen LogP contribution in [0, 0.1) is 6.92 Å². The van der Waals surface area contributed by atoms with E-state index < -0.39 is 0 Å². The standard InChI is InChI=1S/C28H26N6O3/c1-3-36-25-7-5-4-6-23(25)31-28(35)30-22-14-10-20(11-15-22)16-34-17-24(29-18-34)27-32-26(33-37-27)21-12-8-19(2)9-13-21/h4-15,17-18H,3,16H2,1-2H3,(H2,30,31,35). The number of imidazole rings is 1. The van der Waals surface area contributed by atoms with Gasteiger partial charge in [0, 0.05) is 24.0 Å². The van der Waals surface area contributed by atoms with Gasteiger partial charge in [-0.2, -0.15) is 4.98 Å². The number of para-hydroxylation sites is 2. The number of aryl methyl sites for hydroxylation is 1. The zero-order valence-electron chi connectivity index (χ0n) is 20.5. The molecule has 0 bridgehead atoms. The number of aromatic nitrogens is 4. The van der Waals surface area contributed by atoms with E-state index in [1.807, 2.05) is 91.3 Å². The Morgan fingerprint density at radius 1 is 1.00 bits per heavy atom. The molecule has 0 atom stereocenters. The Labute approximate surface area is 214 Å². The van der Waals surface area contributed by atoms with Crippen molar-refractivity contribution in [1.29, 1.82) is 0 Å². The van der Waals surface area contributed by atoms with Crippen LogP contribution < -0.4 is 15.4 Å². The Morgan fingerprint density at radius 2 is 1.78 bits per heavy atom. The summed E-state index contributed by atoms with van der Waals surface area (Å²) in [6.07, 6.45) is 3.59. The highest BCUT2D eigenvalue weighted by atomic mass is 16.5. The number of carbonyl (C=O) groups is 1. The number of rotatable bonds is 8. The molecule has 0 saturated carbocycles. The SMILES string of the molecule is CCOc1ccccc1NC(=O)Nc1ccc(Cn2cnc(-c3nc(-c4ccc(C)cc4)no3)c2)cc1. The van der Waals surface area contributed by atoms with E-state index in [9.17, 15) is 4.79 Å². The molecule has 2 heterocycles. The van der Waals surface area contributed by atoms with Gasteiger partial charge in [-0.15, -0.1) is 0 Å². The van der Waals surface area contributed by atoms with Crippen LogP contribution in [0.1, 0.15) is 18.1 Å². The molecule has 5 aromatic rings. The number of nitrogens with zero attached hydrogens (tertiary/aromatic N) is 4. The van der Waals surface area contributed by atoms with Crippen molar-refractivity contribution in [2.75, 3.05) is 17.2 Å². The van der Waals surface area contributed by atoms with Gasteiger partial charge in [0.15, 0.2) is 0 Å². The van der Waals surface area contributed by atoms with E-state index in [0.717, 1.165) is 11.1 Å². The molecule has 9 nitrogen and oxygen atoms in total. The Bertz CT molecular complexity index is 1490. The van der Waals surface area contributed by atoms with Crippen LogP contribution >= 0.6 is 0 Å². The van der Waals surface area contributed by atoms with Crippen LogP contribution in [0.2, 0.25) is 0 Å². The minimum atomic E-state index is -0.344. The first kappa shape index (κ1) is 23.8. The summed E-state index contributed by atoms with van der Waals surface area (Å²) in [4.78, 5) is 21.3. The number of amides is 2. The third-order valence-electron chi connectivity index (χ3n) is 5.60. The van der Waals surface area contributed by atoms with Gasteiger partial charge in [0.05, 0.1) is 18.6 Å². The van der Waals surface area contributed by atoms with Crippen molar-refractivity contribution < 1.29 is 14.1 Å². The Morgan fingerprint density at radius 3 is 2.57 bits per heavy atom. The zero-order chi connectivity index (χ0) is 25.6. The lowest BCUT2D eigenvalue weighted by Gasteiger charge is -2.12. The van der Waals surface area contributed by atoms with Crippen molar-refractivity contribution in [1.82, 2.24) is 19.7 Å². The van der Waals surface area contributed by atoms with Crippen molar-refractivity contribution >= 4 is 17.4 Å². The molecule has 0 fully saturated rings. The highest BCUT2D eigenvalue weighted by molar-refractivity contribution is 6.00. The third kappa shape index (κ3) is 5.84. The predicted molar refractivity (Wildman–Crippen MR) is 141 cm³/mol. The summed E-state index contributed by atoms with van der Waals surface area (Å²) >= 11 is 0. The molecule has 2 aromatic heterocycles. The quantitative estimate of drug-likeness (QED) is 0.274. The summed E-state index contributed by atoms with van der Waals surface area (Å²) in [7, 11) is 0. The topological polar surface area (TPSA) is 107 Å². The molecule has 0 aliphatic rings. The van der Waals surface area contributed by atoms with Gasteiger partial charge in [-0.05, 0) is 43.7 Å². The molecule has 9 heteroatoms. The highest BCUT2D eigenvalue weighted by Gasteiger charge is 2.13. The van der Waals surface area contributed by atoms with E-state index in [2.05, 4.69) is 25.8 Å². The summed E-state index contributed by atoms with van der Waals surface area (Å²) in [5, 5.41) is 9.74. The molecule has 5 rings (SSSR count). The lowest BCUT2D eigenvalue weighted by molar-refractivity contribution is 0.262. The van der Waals surface area contributed by atoms with E-state index in [0.29, 0.717) is 47.7 Å². The molecule has 2 amide bonds. The fourth-order valence-corrected chi connectivity index (χ4v) is 3.74. The van der Waals surface area contributed by atoms with Crippen LogP contribution in [0.25, 0.3) is 23.0 Å². The van der Waals surface area contributed by atoms with Gasteiger partial charge in [-0.25, -0.2) is 9.78 Å². The molecule has 186 valence electrons. The number of nitrogens with one attached hydrogen (secondary N) is 2. The second-order valence-corrected chi connectivity index (χ2v) is 8.43. The summed E-state index contributed by atoms with van der Waals surface area (Å²) < 4.78 is 12.9. The number of benzene rings is 3. The molecule has 0 aliphatic carbocycles. The molecular formula is C28H26N6O3. The summed E-state index contributed by atoms with van der Waals surface area (Å²) in [5.41, 5.74) is 5.00. The van der Waals surface area contributed by atoms with Crippen LogP contribution in [-0.4, -0.2) is 32.3 Å². The van der Waals surface area contributed by atoms with E-state index in [1.54, 1.807) is 12.4 Å². The fourth-order valence-electron chi connectivity index (χ4n) is 3.74. The van der Waals surface area contributed by atoms with Crippen molar-refractivity contribution in [3.63, 3.8) is 0 Å². The molecular weight excluding hydrogens is 468 g/mol. The molecule has 0 aliphatic heterocycles. The van der Waals surface area contributed by atoms with Crippen molar-refractivity contribution in [3.05, 3.63) is 96.4 Å². The van der Waals surface area contributed by atoms with Gasteiger partial charge in [0.25, 0.3) is 5.89 Å². The van der Waals surface area contributed by atoms with E-state index in [1.165, 1.54) is 5.56 Å². The minimum absolute atomic E-state index is 0.344. The number of ether oxygens (including phenoxy) is 1. The monoisotopic (exact) mass is 494 g/mol. The Hall–Kier alpha value is -4.92. The summed E-state index contributed by atoms with van der Waals surface area (Å²) in [6.45, 7) is 5.05. The van der Waals surface area contributed by atoms with Gasteiger partial charge in [-0.3, -0.25) is 0 Å². The van der Waals surface area contributed by atoms with Crippen LogP contribution in [0.5, 0.6) is 5.75 Å². The van der Waals surface area contributed by atoms with E-state index in [-0.39, 0.29) is 6.03 Å². The van der Waals surface area contributed by atoms with Gasteiger partial charge in [0.2, 0.25) is 5.82 Å². The normalized spacial score (nSPS) is 10.8. The highest BCUT2D eigenvalue weighted by Crippen LogP contribution is 2.24. The summed E-state index contributed by atoms with van der Waals surface area (Å²) in [6, 6.07) is 22.5. The lowest BCUT2D eigenvalue weighted by Crippen LogP contribution is -2.19. The largest absolute Gasteiger partial charge is 0.492 e. The maximum Gasteiger partial charge on any atom is 0.323 e. The first-order chi connectivity index (χ1) is 18.1. The van der Waals surface area contributed by atoms with Crippen molar-refractivity contribution in [2.24, 2.45) is 0 Å². The molecule has 37 heavy (non-hydrogen) atoms. The Balaban J connectivity index is 1.19. The molecule has 0 saturated heterocycles. The number of hydrogen-bond acceptors (Lipinski definition) is 6. The first-order valence-corrected chi connectivity index (χ1v) is 11.9. The van der Waals surface area contributed by atoms with Crippen LogP contribution in [-0.2, 0) is 6.54 Å². The zero-order valence-corrected chi connectivity index (χ0v) is 20.5. The fraction of sp³-hybridized carbons (Fsp3) is 0.143. The third-order valence-corrected chi connectivity index (χ3v) is 5.60. The minimum Gasteiger partial charge on any atom is -0.492 e. The van der Waals surface area contributed by atoms with Gasteiger partial charge >= 0.3 is 6.03 Å². The molecule has 2 N–H and O–H groups in total. The number of carbonyl (C=O) groups excluding carboxylic acids is 1. The van der Waals surface area contributed by atoms with Crippen molar-refractivity contribution in [3.8, 4) is 28.7 Å². The van der Waals surface area contributed by atoms with Crippen LogP contribution in [0.3, 0.4) is 0 Å². The average Bonchev–Trinajstić information content (AvgIpc) is 3.57. The molecule has 0 spiro atoms. The smallest absolute Gasteiger partial charge is 0.323 e. The van der Waals surface area contributed by atoms with E-state index in [4.69, 9.17) is 9.26 Å². The summed E-state index contributed by atoms with van der Waals surface area (Å²) in [5.74, 6) is 1.52. The maximum absolute atomic E-state index is 12.4. The van der Waals surface area contributed by atoms with Gasteiger partial charge < -0.3 is 24.5 Å². The second kappa shape index (κ2) is 10.8. The first-order valence-electron chi connectivity index (χ1n) is 11.9. The van der Waals surface area contributed by atoms with Crippen LogP contribution in [0.15, 0.2) is 89.8 Å².